The number of fused-ring (bicyclic) bond motifs is 3. The van der Waals surface area contributed by atoms with Gasteiger partial charge >= 0.3 is 0 Å². The third kappa shape index (κ3) is 2.99. The van der Waals surface area contributed by atoms with Gasteiger partial charge in [-0.3, -0.25) is 9.78 Å². The Bertz CT molecular complexity index is 1030. The molecule has 5 rings (SSSR count). The minimum absolute atomic E-state index is 0.232. The van der Waals surface area contributed by atoms with Crippen molar-refractivity contribution < 1.29 is 4.79 Å². The highest BCUT2D eigenvalue weighted by Gasteiger charge is 2.34. The molecule has 1 saturated carbocycles. The molecule has 2 aromatic carbocycles. The summed E-state index contributed by atoms with van der Waals surface area (Å²) >= 11 is 0. The average Bonchev–Trinajstić information content (AvgIpc) is 3.07. The summed E-state index contributed by atoms with van der Waals surface area (Å²) in [4.78, 5) is 19.9. The summed E-state index contributed by atoms with van der Waals surface area (Å²) < 4.78 is 0. The van der Waals surface area contributed by atoms with Crippen molar-refractivity contribution >= 4 is 16.7 Å². The summed E-state index contributed by atoms with van der Waals surface area (Å²) in [5.74, 6) is 0.232. The summed E-state index contributed by atoms with van der Waals surface area (Å²) in [6, 6.07) is 15.3. The van der Waals surface area contributed by atoms with E-state index in [9.17, 15) is 4.79 Å². The molecule has 0 N–H and O–H groups in total. The fraction of sp³-hybridized carbons (Fsp3) is 0.360. The van der Waals surface area contributed by atoms with Crippen LogP contribution in [0.3, 0.4) is 0 Å². The Hall–Kier alpha value is -2.68. The van der Waals surface area contributed by atoms with Gasteiger partial charge in [-0.25, -0.2) is 0 Å². The Balaban J connectivity index is 1.56. The average molecular weight is 370 g/mol. The first-order valence-electron chi connectivity index (χ1n) is 10.5. The third-order valence-electron chi connectivity index (χ3n) is 6.44. The van der Waals surface area contributed by atoms with Crippen LogP contribution in [0.4, 0.5) is 0 Å². The molecule has 1 aliphatic heterocycles. The molecule has 1 aromatic heterocycles. The topological polar surface area (TPSA) is 33.2 Å². The number of nitrogens with zero attached hydrogens (tertiary/aromatic N) is 2. The van der Waals surface area contributed by atoms with Gasteiger partial charge in [0.15, 0.2) is 0 Å². The lowest BCUT2D eigenvalue weighted by Gasteiger charge is -2.30. The number of hydrogen-bond acceptors (Lipinski definition) is 2. The summed E-state index contributed by atoms with van der Waals surface area (Å²) in [5, 5.41) is 2.50. The van der Waals surface area contributed by atoms with Gasteiger partial charge in [0, 0.05) is 30.0 Å². The van der Waals surface area contributed by atoms with Crippen molar-refractivity contribution in [1.29, 1.82) is 0 Å². The molecule has 3 aromatic rings. The van der Waals surface area contributed by atoms with E-state index in [0.717, 1.165) is 37.1 Å². The largest absolute Gasteiger partial charge is 0.331 e. The van der Waals surface area contributed by atoms with Crippen molar-refractivity contribution in [2.24, 2.45) is 0 Å². The van der Waals surface area contributed by atoms with E-state index >= 15 is 0 Å². The van der Waals surface area contributed by atoms with Crippen molar-refractivity contribution in [3.8, 4) is 0 Å². The molecule has 0 atom stereocenters. The first kappa shape index (κ1) is 17.4. The van der Waals surface area contributed by atoms with Crippen LogP contribution in [-0.2, 0) is 13.0 Å². The van der Waals surface area contributed by atoms with Crippen LogP contribution in [0.15, 0.2) is 48.7 Å². The molecule has 0 radical (unpaired) electrons. The van der Waals surface area contributed by atoms with Crippen LogP contribution in [0.2, 0.25) is 0 Å². The molecular weight excluding hydrogens is 344 g/mol. The predicted molar refractivity (Wildman–Crippen MR) is 112 cm³/mol. The van der Waals surface area contributed by atoms with Gasteiger partial charge in [-0.05, 0) is 65.8 Å². The van der Waals surface area contributed by atoms with E-state index in [1.807, 2.05) is 13.1 Å². The molecule has 1 amide bonds. The van der Waals surface area contributed by atoms with Gasteiger partial charge < -0.3 is 4.90 Å². The zero-order chi connectivity index (χ0) is 19.1. The van der Waals surface area contributed by atoms with Gasteiger partial charge in [0.2, 0.25) is 0 Å². The van der Waals surface area contributed by atoms with Crippen molar-refractivity contribution in [2.45, 2.75) is 58.0 Å². The van der Waals surface area contributed by atoms with Crippen LogP contribution in [0.5, 0.6) is 0 Å². The predicted octanol–water partition coefficient (Wildman–Crippen LogP) is 5.42. The van der Waals surface area contributed by atoms with E-state index in [0.29, 0.717) is 6.04 Å². The van der Waals surface area contributed by atoms with Crippen molar-refractivity contribution in [3.05, 3.63) is 76.6 Å². The van der Waals surface area contributed by atoms with Crippen LogP contribution in [0.25, 0.3) is 10.8 Å². The fourth-order valence-electron chi connectivity index (χ4n) is 4.93. The number of aromatic nitrogens is 1. The first-order chi connectivity index (χ1) is 13.7. The summed E-state index contributed by atoms with van der Waals surface area (Å²) in [7, 11) is 0. The summed E-state index contributed by atoms with van der Waals surface area (Å²) in [6.07, 6.45) is 8.86. The molecule has 0 saturated heterocycles. The van der Waals surface area contributed by atoms with Gasteiger partial charge in [-0.1, -0.05) is 49.6 Å². The van der Waals surface area contributed by atoms with E-state index in [2.05, 4.69) is 52.3 Å². The molecule has 0 bridgehead atoms. The number of carbonyl (C=O) groups excluding carboxylic acids is 1. The highest BCUT2D eigenvalue weighted by Crippen LogP contribution is 2.36. The Morgan fingerprint density at radius 1 is 1.04 bits per heavy atom. The molecule has 0 unspecified atom stereocenters. The number of pyridine rings is 1. The fourth-order valence-corrected chi connectivity index (χ4v) is 4.93. The van der Waals surface area contributed by atoms with Gasteiger partial charge in [0.1, 0.15) is 0 Å². The molecule has 3 nitrogen and oxygen atoms in total. The minimum atomic E-state index is 0.232. The Kier molecular flexibility index (Phi) is 4.38. The number of rotatable bonds is 3. The lowest BCUT2D eigenvalue weighted by Crippen LogP contribution is -2.36. The van der Waals surface area contributed by atoms with Crippen molar-refractivity contribution in [1.82, 2.24) is 9.88 Å². The highest BCUT2D eigenvalue weighted by molar-refractivity contribution is 6.05. The number of carbonyl (C=O) groups is 1. The van der Waals surface area contributed by atoms with Gasteiger partial charge in [-0.15, -0.1) is 0 Å². The van der Waals surface area contributed by atoms with Crippen LogP contribution >= 0.6 is 0 Å². The molecule has 1 fully saturated rings. The zero-order valence-corrected chi connectivity index (χ0v) is 16.4. The molecule has 0 spiro atoms. The second kappa shape index (κ2) is 7.05. The third-order valence-corrected chi connectivity index (χ3v) is 6.44. The zero-order valence-electron chi connectivity index (χ0n) is 16.4. The minimum Gasteiger partial charge on any atom is -0.331 e. The van der Waals surface area contributed by atoms with E-state index in [1.165, 1.54) is 46.7 Å². The molecular formula is C25H26N2O. The molecule has 1 aliphatic carbocycles. The van der Waals surface area contributed by atoms with E-state index in [4.69, 9.17) is 0 Å². The van der Waals surface area contributed by atoms with E-state index in [1.54, 1.807) is 0 Å². The monoisotopic (exact) mass is 370 g/mol. The number of benzene rings is 2. The maximum absolute atomic E-state index is 13.3. The lowest BCUT2D eigenvalue weighted by atomic mass is 9.93. The molecule has 2 aliphatic rings. The Morgan fingerprint density at radius 2 is 1.82 bits per heavy atom. The first-order valence-corrected chi connectivity index (χ1v) is 10.5. The van der Waals surface area contributed by atoms with Crippen molar-refractivity contribution in [2.75, 3.05) is 0 Å². The SMILES string of the molecule is Cc1ccc(Cc2cc3c(c4ccccc24)CN(C2CCCCC2)C3=O)cn1. The van der Waals surface area contributed by atoms with E-state index < -0.39 is 0 Å². The molecule has 3 heteroatoms. The smallest absolute Gasteiger partial charge is 0.254 e. The standard InChI is InChI=1S/C25H26N2O/c1-17-11-12-18(15-26-17)13-19-14-23-24(22-10-6-5-9-21(19)22)16-27(25(23)28)20-7-3-2-4-8-20/h5-6,9-12,14-15,20H,2-4,7-8,13,16H2,1H3. The summed E-state index contributed by atoms with van der Waals surface area (Å²) in [6.45, 7) is 2.78. The summed E-state index contributed by atoms with van der Waals surface area (Å²) in [5.41, 5.74) is 5.57. The Labute approximate surface area is 166 Å². The van der Waals surface area contributed by atoms with Gasteiger partial charge in [0.25, 0.3) is 5.91 Å². The van der Waals surface area contributed by atoms with Crippen LogP contribution in [0.1, 0.15) is 64.8 Å². The molecule has 28 heavy (non-hydrogen) atoms. The number of hydrogen-bond donors (Lipinski definition) is 0. The maximum Gasteiger partial charge on any atom is 0.254 e. The lowest BCUT2D eigenvalue weighted by molar-refractivity contribution is 0.0660. The van der Waals surface area contributed by atoms with Gasteiger partial charge in [0.05, 0.1) is 0 Å². The maximum atomic E-state index is 13.3. The van der Waals surface area contributed by atoms with Crippen LogP contribution in [0, 0.1) is 6.92 Å². The Morgan fingerprint density at radius 3 is 2.57 bits per heavy atom. The second-order valence-corrected chi connectivity index (χ2v) is 8.32. The highest BCUT2D eigenvalue weighted by atomic mass is 16.2. The quantitative estimate of drug-likeness (QED) is 0.616. The normalized spacial score (nSPS) is 17.3. The molecule has 142 valence electrons. The van der Waals surface area contributed by atoms with Crippen LogP contribution < -0.4 is 0 Å². The van der Waals surface area contributed by atoms with Gasteiger partial charge in [-0.2, -0.15) is 0 Å². The molecule has 2 heterocycles. The number of aryl methyl sites for hydroxylation is 1. The number of amides is 1. The second-order valence-electron chi connectivity index (χ2n) is 8.32. The van der Waals surface area contributed by atoms with Crippen molar-refractivity contribution in [3.63, 3.8) is 0 Å². The van der Waals surface area contributed by atoms with E-state index in [-0.39, 0.29) is 5.91 Å². The van der Waals surface area contributed by atoms with Crippen LogP contribution in [-0.4, -0.2) is 21.8 Å².